The predicted molar refractivity (Wildman–Crippen MR) is 110 cm³/mol. The topological polar surface area (TPSA) is 108 Å². The van der Waals surface area contributed by atoms with Gasteiger partial charge in [0.15, 0.2) is 9.84 Å². The van der Waals surface area contributed by atoms with Crippen molar-refractivity contribution in [2.45, 2.75) is 33.0 Å². The maximum Gasteiger partial charge on any atom is 0.152 e. The number of nitrogens with one attached hydrogen (secondary N) is 1. The standard InChI is InChI=1S/C18H35N5O5S/c1-17(2)19-3-7-26-9-11-28-12-10-27-8-4-23-18(15-20-21-23)16-22-5-13-29(24,25)14-6-22/h15,17,19H,3-14,16H2,1-2H3. The van der Waals surface area contributed by atoms with Crippen LogP contribution in [-0.4, -0.2) is 105 Å². The molecule has 2 rings (SSSR count). The number of ether oxygens (including phenoxy) is 3. The van der Waals surface area contributed by atoms with E-state index >= 15 is 0 Å². The molecule has 10 nitrogen and oxygen atoms in total. The lowest BCUT2D eigenvalue weighted by Crippen LogP contribution is -2.40. The molecule has 0 aromatic carbocycles. The van der Waals surface area contributed by atoms with Crippen molar-refractivity contribution in [1.29, 1.82) is 0 Å². The predicted octanol–water partition coefficient (Wildman–Crippen LogP) is -0.444. The number of rotatable bonds is 15. The molecule has 1 aliphatic heterocycles. The zero-order chi connectivity index (χ0) is 21.0. The second-order valence-corrected chi connectivity index (χ2v) is 9.63. The molecule has 29 heavy (non-hydrogen) atoms. The van der Waals surface area contributed by atoms with E-state index in [1.54, 1.807) is 6.20 Å². The van der Waals surface area contributed by atoms with Gasteiger partial charge in [-0.25, -0.2) is 13.1 Å². The van der Waals surface area contributed by atoms with Gasteiger partial charge in [-0.2, -0.15) is 0 Å². The minimum Gasteiger partial charge on any atom is -0.378 e. The van der Waals surface area contributed by atoms with Gasteiger partial charge < -0.3 is 19.5 Å². The first-order valence-corrected chi connectivity index (χ1v) is 12.0. The molecule has 1 fully saturated rings. The number of hydrogen-bond donors (Lipinski definition) is 1. The number of hydrogen-bond acceptors (Lipinski definition) is 9. The van der Waals surface area contributed by atoms with Gasteiger partial charge in [0.1, 0.15) is 0 Å². The van der Waals surface area contributed by atoms with Crippen molar-refractivity contribution in [3.63, 3.8) is 0 Å². The van der Waals surface area contributed by atoms with E-state index in [2.05, 4.69) is 34.4 Å². The summed E-state index contributed by atoms with van der Waals surface area (Å²) in [7, 11) is -2.86. The van der Waals surface area contributed by atoms with E-state index < -0.39 is 9.84 Å². The van der Waals surface area contributed by atoms with E-state index in [1.807, 2.05) is 4.68 Å². The van der Waals surface area contributed by atoms with Crippen molar-refractivity contribution in [3.05, 3.63) is 11.9 Å². The molecule has 1 aliphatic rings. The second-order valence-electron chi connectivity index (χ2n) is 7.32. The van der Waals surface area contributed by atoms with Crippen molar-refractivity contribution >= 4 is 9.84 Å². The highest BCUT2D eigenvalue weighted by molar-refractivity contribution is 7.91. The lowest BCUT2D eigenvalue weighted by Gasteiger charge is -2.26. The molecule has 1 N–H and O–H groups in total. The average molecular weight is 434 g/mol. The molecule has 0 spiro atoms. The Morgan fingerprint density at radius 2 is 1.66 bits per heavy atom. The highest BCUT2D eigenvalue weighted by Crippen LogP contribution is 2.08. The van der Waals surface area contributed by atoms with Gasteiger partial charge in [0.05, 0.1) is 69.6 Å². The Kier molecular flexibility index (Phi) is 11.0. The van der Waals surface area contributed by atoms with Crippen molar-refractivity contribution in [2.75, 3.05) is 70.8 Å². The minimum absolute atomic E-state index is 0.220. The minimum atomic E-state index is -2.86. The van der Waals surface area contributed by atoms with Gasteiger partial charge in [0, 0.05) is 32.2 Å². The summed E-state index contributed by atoms with van der Waals surface area (Å²) in [4.78, 5) is 2.12. The first kappa shape index (κ1) is 24.2. The van der Waals surface area contributed by atoms with Gasteiger partial charge in [-0.15, -0.1) is 5.10 Å². The van der Waals surface area contributed by atoms with E-state index in [0.717, 1.165) is 12.2 Å². The summed E-state index contributed by atoms with van der Waals surface area (Å²) >= 11 is 0. The molecule has 0 radical (unpaired) electrons. The Hall–Kier alpha value is -1.11. The van der Waals surface area contributed by atoms with Crippen LogP contribution < -0.4 is 5.32 Å². The monoisotopic (exact) mass is 433 g/mol. The molecular formula is C18H35N5O5S. The van der Waals surface area contributed by atoms with Crippen LogP contribution in [-0.2, 0) is 37.1 Å². The summed E-state index contributed by atoms with van der Waals surface area (Å²) in [6, 6.07) is 0.476. The van der Waals surface area contributed by atoms with Crippen LogP contribution >= 0.6 is 0 Å². The van der Waals surface area contributed by atoms with E-state index in [4.69, 9.17) is 14.2 Å². The quantitative estimate of drug-likeness (QED) is 0.368. The van der Waals surface area contributed by atoms with E-state index in [0.29, 0.717) is 71.9 Å². The van der Waals surface area contributed by atoms with Gasteiger partial charge in [-0.3, -0.25) is 4.90 Å². The maximum absolute atomic E-state index is 11.5. The number of nitrogens with zero attached hydrogens (tertiary/aromatic N) is 4. The number of aromatic nitrogens is 3. The molecule has 0 amide bonds. The second kappa shape index (κ2) is 13.2. The molecule has 1 saturated heterocycles. The summed E-state index contributed by atoms with van der Waals surface area (Å²) in [5.41, 5.74) is 0.966. The van der Waals surface area contributed by atoms with Gasteiger partial charge in [0.2, 0.25) is 0 Å². The molecule has 2 heterocycles. The van der Waals surface area contributed by atoms with Crippen LogP contribution in [0, 0.1) is 0 Å². The zero-order valence-electron chi connectivity index (χ0n) is 17.6. The lowest BCUT2D eigenvalue weighted by molar-refractivity contribution is 0.0130. The van der Waals surface area contributed by atoms with Crippen LogP contribution in [0.15, 0.2) is 6.20 Å². The van der Waals surface area contributed by atoms with Crippen LogP contribution in [0.4, 0.5) is 0 Å². The van der Waals surface area contributed by atoms with Crippen molar-refractivity contribution in [2.24, 2.45) is 0 Å². The molecule has 1 aromatic heterocycles. The Morgan fingerprint density at radius 1 is 1.03 bits per heavy atom. The summed E-state index contributed by atoms with van der Waals surface area (Å²) in [6.45, 7) is 10.8. The molecule has 168 valence electrons. The van der Waals surface area contributed by atoms with E-state index in [1.165, 1.54) is 0 Å². The smallest absolute Gasteiger partial charge is 0.152 e. The fourth-order valence-electron chi connectivity index (χ4n) is 2.84. The molecule has 0 aliphatic carbocycles. The Morgan fingerprint density at radius 3 is 2.31 bits per heavy atom. The summed E-state index contributed by atoms with van der Waals surface area (Å²) < 4.78 is 41.4. The van der Waals surface area contributed by atoms with Crippen LogP contribution in [0.25, 0.3) is 0 Å². The molecule has 0 unspecified atom stereocenters. The fourth-order valence-corrected chi connectivity index (χ4v) is 4.12. The van der Waals surface area contributed by atoms with Crippen molar-refractivity contribution in [1.82, 2.24) is 25.2 Å². The number of sulfone groups is 1. The molecule has 11 heteroatoms. The average Bonchev–Trinajstić information content (AvgIpc) is 3.11. The van der Waals surface area contributed by atoms with Crippen LogP contribution in [0.2, 0.25) is 0 Å². The van der Waals surface area contributed by atoms with Gasteiger partial charge in [0.25, 0.3) is 0 Å². The van der Waals surface area contributed by atoms with Gasteiger partial charge in [-0.05, 0) is 0 Å². The highest BCUT2D eigenvalue weighted by Gasteiger charge is 2.22. The maximum atomic E-state index is 11.5. The van der Waals surface area contributed by atoms with Crippen LogP contribution in [0.3, 0.4) is 0 Å². The van der Waals surface area contributed by atoms with Gasteiger partial charge in [-0.1, -0.05) is 19.1 Å². The molecule has 0 saturated carbocycles. The van der Waals surface area contributed by atoms with Crippen molar-refractivity contribution < 1.29 is 22.6 Å². The third kappa shape index (κ3) is 10.5. The first-order chi connectivity index (χ1) is 14.0. The molecule has 1 aromatic rings. The third-order valence-corrected chi connectivity index (χ3v) is 6.12. The fraction of sp³-hybridized carbons (Fsp3) is 0.889. The molecule has 0 bridgehead atoms. The zero-order valence-corrected chi connectivity index (χ0v) is 18.4. The normalized spacial score (nSPS) is 17.2. The Labute approximate surface area is 173 Å². The van der Waals surface area contributed by atoms with E-state index in [-0.39, 0.29) is 11.5 Å². The van der Waals surface area contributed by atoms with E-state index in [9.17, 15) is 8.42 Å². The van der Waals surface area contributed by atoms with Crippen molar-refractivity contribution in [3.8, 4) is 0 Å². The summed E-state index contributed by atoms with van der Waals surface area (Å²) in [5, 5.41) is 11.3. The third-order valence-electron chi connectivity index (χ3n) is 4.51. The van der Waals surface area contributed by atoms with Crippen LogP contribution in [0.5, 0.6) is 0 Å². The van der Waals surface area contributed by atoms with Crippen LogP contribution in [0.1, 0.15) is 19.5 Å². The first-order valence-electron chi connectivity index (χ1n) is 10.2. The summed E-state index contributed by atoms with van der Waals surface area (Å²) in [6.07, 6.45) is 1.73. The lowest BCUT2D eigenvalue weighted by atomic mass is 10.4. The molecular weight excluding hydrogens is 398 g/mol. The highest BCUT2D eigenvalue weighted by atomic mass is 32.2. The summed E-state index contributed by atoms with van der Waals surface area (Å²) in [5.74, 6) is 0.440. The Balaban J connectivity index is 1.48. The Bertz CT molecular complexity index is 653. The largest absolute Gasteiger partial charge is 0.378 e. The molecule has 0 atom stereocenters. The van der Waals surface area contributed by atoms with Gasteiger partial charge >= 0.3 is 0 Å². The SMILES string of the molecule is CC(C)NCCOCCOCCOCCn1nncc1CN1CCS(=O)(=O)CC1.